The summed E-state index contributed by atoms with van der Waals surface area (Å²) in [6.45, 7) is 0.951. The number of rotatable bonds is 6. The van der Waals surface area contributed by atoms with Crippen molar-refractivity contribution in [1.29, 1.82) is 0 Å². The van der Waals surface area contributed by atoms with E-state index in [1.165, 1.54) is 6.08 Å². The molecule has 1 heterocycles. The number of ether oxygens (including phenoxy) is 5. The van der Waals surface area contributed by atoms with E-state index >= 15 is 0 Å². The summed E-state index contributed by atoms with van der Waals surface area (Å²) in [5.41, 5.74) is 1.33. The van der Waals surface area contributed by atoms with Crippen molar-refractivity contribution < 1.29 is 28.5 Å². The van der Waals surface area contributed by atoms with E-state index < -0.39 is 0 Å². The summed E-state index contributed by atoms with van der Waals surface area (Å²) in [7, 11) is 4.66. The molecule has 3 rings (SSSR count). The third-order valence-electron chi connectivity index (χ3n) is 3.90. The molecule has 0 fully saturated rings. The van der Waals surface area contributed by atoms with Crippen LogP contribution in [0, 0.1) is 0 Å². The summed E-state index contributed by atoms with van der Waals surface area (Å²) >= 11 is 0. The molecule has 2 aromatic carbocycles. The Kier molecular flexibility index (Phi) is 5.71. The lowest BCUT2D eigenvalue weighted by Gasteiger charge is -2.20. The Hall–Kier alpha value is -3.35. The molecule has 0 spiro atoms. The van der Waals surface area contributed by atoms with Crippen LogP contribution in [-0.2, 0) is 4.79 Å². The third kappa shape index (κ3) is 4.44. The van der Waals surface area contributed by atoms with E-state index in [0.29, 0.717) is 47.6 Å². The summed E-state index contributed by atoms with van der Waals surface area (Å²) in [5.74, 6) is 2.62. The van der Waals surface area contributed by atoms with Crippen molar-refractivity contribution in [3.05, 3.63) is 42.0 Å². The number of fused-ring (bicyclic) bond motifs is 1. The van der Waals surface area contributed by atoms with Crippen LogP contribution in [0.2, 0.25) is 0 Å². The van der Waals surface area contributed by atoms with Crippen LogP contribution in [0.5, 0.6) is 28.7 Å². The normalized spacial score (nSPS) is 12.6. The van der Waals surface area contributed by atoms with Gasteiger partial charge >= 0.3 is 0 Å². The van der Waals surface area contributed by atoms with Crippen LogP contribution in [0.15, 0.2) is 36.4 Å². The highest BCUT2D eigenvalue weighted by Gasteiger charge is 2.17. The molecule has 0 unspecified atom stereocenters. The van der Waals surface area contributed by atoms with E-state index in [1.54, 1.807) is 57.7 Å². The van der Waals surface area contributed by atoms with Gasteiger partial charge in [-0.2, -0.15) is 0 Å². The second-order valence-electron chi connectivity index (χ2n) is 5.67. The molecule has 27 heavy (non-hydrogen) atoms. The number of hydrogen-bond donors (Lipinski definition) is 1. The highest BCUT2D eigenvalue weighted by atomic mass is 16.6. The van der Waals surface area contributed by atoms with Gasteiger partial charge in [0.2, 0.25) is 11.7 Å². The molecule has 0 radical (unpaired) electrons. The van der Waals surface area contributed by atoms with Crippen molar-refractivity contribution in [3.63, 3.8) is 0 Å². The van der Waals surface area contributed by atoms with Gasteiger partial charge in [0, 0.05) is 30.0 Å². The van der Waals surface area contributed by atoms with E-state index in [4.69, 9.17) is 23.7 Å². The summed E-state index contributed by atoms with van der Waals surface area (Å²) in [6, 6.07) is 8.73. The fourth-order valence-electron chi connectivity index (χ4n) is 2.63. The maximum Gasteiger partial charge on any atom is 0.248 e. The van der Waals surface area contributed by atoms with Gasteiger partial charge in [0.25, 0.3) is 0 Å². The molecule has 0 bridgehead atoms. The zero-order valence-electron chi connectivity index (χ0n) is 15.4. The molecular formula is C20H21NO6. The number of carbonyl (C=O) groups excluding carboxylic acids is 1. The van der Waals surface area contributed by atoms with Gasteiger partial charge in [-0.3, -0.25) is 4.79 Å². The number of hydrogen-bond acceptors (Lipinski definition) is 6. The molecular weight excluding hydrogens is 350 g/mol. The lowest BCUT2D eigenvalue weighted by atomic mass is 10.1. The lowest BCUT2D eigenvalue weighted by Crippen LogP contribution is -2.16. The Morgan fingerprint density at radius 2 is 1.67 bits per heavy atom. The molecule has 0 aliphatic carbocycles. The first kappa shape index (κ1) is 18.4. The Labute approximate surface area is 157 Å². The molecule has 2 aromatic rings. The van der Waals surface area contributed by atoms with E-state index in [-0.39, 0.29) is 5.91 Å². The predicted octanol–water partition coefficient (Wildman–Crippen LogP) is 3.14. The van der Waals surface area contributed by atoms with E-state index in [2.05, 4.69) is 5.32 Å². The minimum atomic E-state index is -0.292. The van der Waals surface area contributed by atoms with Crippen molar-refractivity contribution in [2.24, 2.45) is 0 Å². The monoisotopic (exact) mass is 371 g/mol. The second-order valence-corrected chi connectivity index (χ2v) is 5.67. The Balaban J connectivity index is 1.75. The Morgan fingerprint density at radius 1 is 0.963 bits per heavy atom. The van der Waals surface area contributed by atoms with Crippen LogP contribution in [-0.4, -0.2) is 40.5 Å². The van der Waals surface area contributed by atoms with Gasteiger partial charge in [-0.05, 0) is 23.8 Å². The first-order valence-corrected chi connectivity index (χ1v) is 8.32. The fourth-order valence-corrected chi connectivity index (χ4v) is 2.63. The summed E-state index contributed by atoms with van der Waals surface area (Å²) in [5, 5.41) is 2.78. The fraction of sp³-hybridized carbons (Fsp3) is 0.250. The van der Waals surface area contributed by atoms with Crippen LogP contribution >= 0.6 is 0 Å². The maximum absolute atomic E-state index is 12.3. The number of nitrogens with one attached hydrogen (secondary N) is 1. The van der Waals surface area contributed by atoms with E-state index in [1.807, 2.05) is 0 Å². The van der Waals surface area contributed by atoms with Crippen LogP contribution in [0.4, 0.5) is 5.69 Å². The zero-order chi connectivity index (χ0) is 19.2. The van der Waals surface area contributed by atoms with Crippen LogP contribution in [0.1, 0.15) is 5.56 Å². The number of amides is 1. The summed E-state index contributed by atoms with van der Waals surface area (Å²) < 4.78 is 26.9. The molecule has 1 N–H and O–H groups in total. The molecule has 0 saturated carbocycles. The van der Waals surface area contributed by atoms with Gasteiger partial charge in [0.15, 0.2) is 11.5 Å². The SMILES string of the molecule is COc1cc(NC(=O)/C=C/c2cc(OC)c3c(c2)OCCO3)cc(OC)c1. The topological polar surface area (TPSA) is 75.3 Å². The molecule has 0 atom stereocenters. The minimum Gasteiger partial charge on any atom is -0.497 e. The largest absolute Gasteiger partial charge is 0.497 e. The minimum absolute atomic E-state index is 0.292. The molecule has 1 aliphatic heterocycles. The van der Waals surface area contributed by atoms with Crippen LogP contribution in [0.3, 0.4) is 0 Å². The van der Waals surface area contributed by atoms with Gasteiger partial charge in [-0.1, -0.05) is 0 Å². The molecule has 7 heteroatoms. The first-order chi connectivity index (χ1) is 13.1. The Morgan fingerprint density at radius 3 is 2.33 bits per heavy atom. The average molecular weight is 371 g/mol. The Bertz CT molecular complexity index is 822. The number of benzene rings is 2. The summed E-state index contributed by atoms with van der Waals surface area (Å²) in [6.07, 6.45) is 3.10. The smallest absolute Gasteiger partial charge is 0.248 e. The molecule has 0 aromatic heterocycles. The highest BCUT2D eigenvalue weighted by molar-refractivity contribution is 6.02. The quantitative estimate of drug-likeness (QED) is 0.787. The highest BCUT2D eigenvalue weighted by Crippen LogP contribution is 2.40. The molecule has 1 amide bonds. The number of methoxy groups -OCH3 is 3. The molecule has 142 valence electrons. The lowest BCUT2D eigenvalue weighted by molar-refractivity contribution is -0.111. The average Bonchev–Trinajstić information content (AvgIpc) is 2.71. The zero-order valence-corrected chi connectivity index (χ0v) is 15.4. The van der Waals surface area contributed by atoms with Crippen molar-refractivity contribution in [2.45, 2.75) is 0 Å². The number of anilines is 1. The standard InChI is InChI=1S/C20H21NO6/c1-23-15-10-14(11-16(12-15)24-2)21-19(22)5-4-13-8-17(25-3)20-18(9-13)26-6-7-27-20/h4-5,8-12H,6-7H2,1-3H3,(H,21,22)/b5-4+. The molecule has 7 nitrogen and oxygen atoms in total. The van der Waals surface area contributed by atoms with Crippen molar-refractivity contribution >= 4 is 17.7 Å². The first-order valence-electron chi connectivity index (χ1n) is 8.32. The van der Waals surface area contributed by atoms with Crippen molar-refractivity contribution in [1.82, 2.24) is 0 Å². The van der Waals surface area contributed by atoms with Gasteiger partial charge in [0.1, 0.15) is 24.7 Å². The van der Waals surface area contributed by atoms with E-state index in [9.17, 15) is 4.79 Å². The van der Waals surface area contributed by atoms with Gasteiger partial charge in [0.05, 0.1) is 21.3 Å². The maximum atomic E-state index is 12.3. The predicted molar refractivity (Wildman–Crippen MR) is 101 cm³/mol. The second kappa shape index (κ2) is 8.35. The molecule has 0 saturated heterocycles. The van der Waals surface area contributed by atoms with Gasteiger partial charge in [-0.25, -0.2) is 0 Å². The molecule has 1 aliphatic rings. The van der Waals surface area contributed by atoms with Gasteiger partial charge in [-0.15, -0.1) is 0 Å². The van der Waals surface area contributed by atoms with Crippen molar-refractivity contribution in [2.75, 3.05) is 39.9 Å². The van der Waals surface area contributed by atoms with Crippen molar-refractivity contribution in [3.8, 4) is 28.7 Å². The van der Waals surface area contributed by atoms with Gasteiger partial charge < -0.3 is 29.0 Å². The summed E-state index contributed by atoms with van der Waals surface area (Å²) in [4.78, 5) is 12.3. The van der Waals surface area contributed by atoms with Crippen LogP contribution in [0.25, 0.3) is 6.08 Å². The third-order valence-corrected chi connectivity index (χ3v) is 3.90. The number of carbonyl (C=O) groups is 1. The van der Waals surface area contributed by atoms with E-state index in [0.717, 1.165) is 5.56 Å². The van der Waals surface area contributed by atoms with Crippen LogP contribution < -0.4 is 29.0 Å².